The Bertz CT molecular complexity index is 664. The van der Waals surface area contributed by atoms with Crippen molar-refractivity contribution in [3.05, 3.63) is 41.4 Å². The van der Waals surface area contributed by atoms with Gasteiger partial charge < -0.3 is 14.5 Å². The van der Waals surface area contributed by atoms with Gasteiger partial charge in [0.2, 0.25) is 5.91 Å². The van der Waals surface area contributed by atoms with Gasteiger partial charge in [-0.25, -0.2) is 4.98 Å². The number of ether oxygens (including phenoxy) is 1. The summed E-state index contributed by atoms with van der Waals surface area (Å²) in [7, 11) is 1.61. The molecule has 1 atom stereocenters. The average molecular weight is 316 g/mol. The van der Waals surface area contributed by atoms with Crippen LogP contribution in [0.5, 0.6) is 0 Å². The summed E-state index contributed by atoms with van der Waals surface area (Å²) < 4.78 is 10.7. The maximum Gasteiger partial charge on any atom is 0.220 e. The molecule has 1 heterocycles. The first-order chi connectivity index (χ1) is 11.0. The predicted octanol–water partition coefficient (Wildman–Crippen LogP) is 3.04. The van der Waals surface area contributed by atoms with Gasteiger partial charge in [-0.05, 0) is 38.0 Å². The van der Waals surface area contributed by atoms with Gasteiger partial charge in [-0.15, -0.1) is 0 Å². The standard InChI is InChI=1S/C18H24N2O3/c1-12-5-6-15(9-13(12)2)16-10-19-18(23-16)8-7-17(21)20-14(3)11-22-4/h5-6,9-10,14H,7-8,11H2,1-4H3,(H,20,21)/t14-/m0/s1. The molecule has 2 rings (SSSR count). The molecule has 5 nitrogen and oxygen atoms in total. The number of aromatic nitrogens is 1. The van der Waals surface area contributed by atoms with Crippen molar-refractivity contribution in [2.24, 2.45) is 0 Å². The first-order valence-electron chi connectivity index (χ1n) is 7.80. The molecule has 0 fully saturated rings. The van der Waals surface area contributed by atoms with Gasteiger partial charge in [0.05, 0.1) is 12.8 Å². The Morgan fingerprint density at radius 1 is 1.35 bits per heavy atom. The van der Waals surface area contributed by atoms with Crippen molar-refractivity contribution in [1.29, 1.82) is 0 Å². The molecule has 1 aromatic carbocycles. The van der Waals surface area contributed by atoms with E-state index in [2.05, 4.69) is 36.3 Å². The number of oxazole rings is 1. The van der Waals surface area contributed by atoms with Crippen LogP contribution >= 0.6 is 0 Å². The van der Waals surface area contributed by atoms with Crippen LogP contribution in [0.1, 0.15) is 30.4 Å². The summed E-state index contributed by atoms with van der Waals surface area (Å²) in [5, 5.41) is 2.87. The second kappa shape index (κ2) is 7.92. The number of aryl methyl sites for hydroxylation is 3. The highest BCUT2D eigenvalue weighted by molar-refractivity contribution is 5.76. The molecule has 0 spiro atoms. The molecule has 1 amide bonds. The van der Waals surface area contributed by atoms with Crippen LogP contribution in [-0.4, -0.2) is 30.6 Å². The number of methoxy groups -OCH3 is 1. The van der Waals surface area contributed by atoms with Gasteiger partial charge in [0, 0.05) is 31.6 Å². The molecule has 0 saturated heterocycles. The van der Waals surface area contributed by atoms with Crippen LogP contribution < -0.4 is 5.32 Å². The lowest BCUT2D eigenvalue weighted by molar-refractivity contribution is -0.122. The Morgan fingerprint density at radius 3 is 2.83 bits per heavy atom. The summed E-state index contributed by atoms with van der Waals surface area (Å²) in [5.41, 5.74) is 3.47. The summed E-state index contributed by atoms with van der Waals surface area (Å²) in [5.74, 6) is 1.28. The van der Waals surface area contributed by atoms with Crippen LogP contribution in [0, 0.1) is 13.8 Å². The lowest BCUT2D eigenvalue weighted by Gasteiger charge is -2.11. The molecule has 0 aliphatic rings. The number of nitrogens with one attached hydrogen (secondary N) is 1. The van der Waals surface area contributed by atoms with Gasteiger partial charge in [0.25, 0.3) is 0 Å². The molecule has 0 aliphatic carbocycles. The highest BCUT2D eigenvalue weighted by Crippen LogP contribution is 2.23. The minimum Gasteiger partial charge on any atom is -0.441 e. The summed E-state index contributed by atoms with van der Waals surface area (Å²) in [6, 6.07) is 6.17. The fourth-order valence-electron chi connectivity index (χ4n) is 2.31. The third kappa shape index (κ3) is 4.93. The first kappa shape index (κ1) is 17.2. The van der Waals surface area contributed by atoms with Crippen molar-refractivity contribution >= 4 is 5.91 Å². The minimum atomic E-state index is -0.0273. The maximum absolute atomic E-state index is 11.8. The topological polar surface area (TPSA) is 64.4 Å². The molecule has 2 aromatic rings. The highest BCUT2D eigenvalue weighted by Gasteiger charge is 2.11. The smallest absolute Gasteiger partial charge is 0.220 e. The largest absolute Gasteiger partial charge is 0.441 e. The molecule has 124 valence electrons. The van der Waals surface area contributed by atoms with E-state index in [1.54, 1.807) is 13.3 Å². The van der Waals surface area contributed by atoms with E-state index in [1.807, 2.05) is 13.0 Å². The van der Waals surface area contributed by atoms with Gasteiger partial charge in [0.15, 0.2) is 11.7 Å². The van der Waals surface area contributed by atoms with E-state index in [0.29, 0.717) is 25.3 Å². The summed E-state index contributed by atoms with van der Waals surface area (Å²) in [6.07, 6.45) is 2.54. The Balaban J connectivity index is 1.92. The number of amides is 1. The molecule has 0 bridgehead atoms. The number of carbonyl (C=O) groups is 1. The quantitative estimate of drug-likeness (QED) is 0.852. The molecular weight excluding hydrogens is 292 g/mol. The van der Waals surface area contributed by atoms with Crippen molar-refractivity contribution in [2.75, 3.05) is 13.7 Å². The van der Waals surface area contributed by atoms with Crippen LogP contribution in [0.15, 0.2) is 28.8 Å². The zero-order valence-corrected chi connectivity index (χ0v) is 14.2. The molecular formula is C18H24N2O3. The molecule has 5 heteroatoms. The van der Waals surface area contributed by atoms with Crippen LogP contribution in [0.25, 0.3) is 11.3 Å². The molecule has 0 unspecified atom stereocenters. The van der Waals surface area contributed by atoms with E-state index in [1.165, 1.54) is 11.1 Å². The summed E-state index contributed by atoms with van der Waals surface area (Å²) in [6.45, 7) is 6.56. The second-order valence-electron chi connectivity index (χ2n) is 5.84. The molecule has 0 aliphatic heterocycles. The number of hydrogen-bond donors (Lipinski definition) is 1. The Hall–Kier alpha value is -2.14. The van der Waals surface area contributed by atoms with Crippen molar-refractivity contribution in [3.8, 4) is 11.3 Å². The number of benzene rings is 1. The third-order valence-electron chi connectivity index (χ3n) is 3.73. The summed E-state index contributed by atoms with van der Waals surface area (Å²) in [4.78, 5) is 16.1. The second-order valence-corrected chi connectivity index (χ2v) is 5.84. The molecule has 23 heavy (non-hydrogen) atoms. The fraction of sp³-hybridized carbons (Fsp3) is 0.444. The van der Waals surface area contributed by atoms with E-state index < -0.39 is 0 Å². The van der Waals surface area contributed by atoms with Crippen LogP contribution in [0.4, 0.5) is 0 Å². The average Bonchev–Trinajstić information content (AvgIpc) is 2.97. The van der Waals surface area contributed by atoms with Crippen LogP contribution in [0.3, 0.4) is 0 Å². The molecule has 0 radical (unpaired) electrons. The highest BCUT2D eigenvalue weighted by atomic mass is 16.5. The van der Waals surface area contributed by atoms with Crippen molar-refractivity contribution in [3.63, 3.8) is 0 Å². The Kier molecular flexibility index (Phi) is 5.93. The molecule has 0 saturated carbocycles. The van der Waals surface area contributed by atoms with Crippen molar-refractivity contribution in [1.82, 2.24) is 10.3 Å². The normalized spacial score (nSPS) is 12.2. The monoisotopic (exact) mass is 316 g/mol. The van der Waals surface area contributed by atoms with E-state index in [-0.39, 0.29) is 11.9 Å². The number of hydrogen-bond acceptors (Lipinski definition) is 4. The lowest BCUT2D eigenvalue weighted by atomic mass is 10.1. The SMILES string of the molecule is COC[C@H](C)NC(=O)CCc1ncc(-c2ccc(C)c(C)c2)o1. The lowest BCUT2D eigenvalue weighted by Crippen LogP contribution is -2.35. The van der Waals surface area contributed by atoms with Gasteiger partial charge >= 0.3 is 0 Å². The predicted molar refractivity (Wildman–Crippen MR) is 89.2 cm³/mol. The van der Waals surface area contributed by atoms with Crippen LogP contribution in [0.2, 0.25) is 0 Å². The third-order valence-corrected chi connectivity index (χ3v) is 3.73. The van der Waals surface area contributed by atoms with E-state index in [0.717, 1.165) is 11.3 Å². The van der Waals surface area contributed by atoms with Gasteiger partial charge in [0.1, 0.15) is 0 Å². The van der Waals surface area contributed by atoms with Crippen LogP contribution in [-0.2, 0) is 16.0 Å². The van der Waals surface area contributed by atoms with Crippen molar-refractivity contribution < 1.29 is 13.9 Å². The summed E-state index contributed by atoms with van der Waals surface area (Å²) >= 11 is 0. The minimum absolute atomic E-state index is 0.00292. The van der Waals surface area contributed by atoms with E-state index in [9.17, 15) is 4.79 Å². The van der Waals surface area contributed by atoms with E-state index in [4.69, 9.17) is 9.15 Å². The maximum atomic E-state index is 11.8. The Morgan fingerprint density at radius 2 is 2.13 bits per heavy atom. The number of carbonyl (C=O) groups excluding carboxylic acids is 1. The first-order valence-corrected chi connectivity index (χ1v) is 7.80. The van der Waals surface area contributed by atoms with E-state index >= 15 is 0 Å². The van der Waals surface area contributed by atoms with Crippen molar-refractivity contribution in [2.45, 2.75) is 39.7 Å². The van der Waals surface area contributed by atoms with Gasteiger partial charge in [-0.3, -0.25) is 4.79 Å². The van der Waals surface area contributed by atoms with Gasteiger partial charge in [-0.1, -0.05) is 12.1 Å². The molecule has 1 N–H and O–H groups in total. The fourth-order valence-corrected chi connectivity index (χ4v) is 2.31. The van der Waals surface area contributed by atoms with Gasteiger partial charge in [-0.2, -0.15) is 0 Å². The number of rotatable bonds is 7. The molecule has 1 aromatic heterocycles. The zero-order valence-electron chi connectivity index (χ0n) is 14.2. The zero-order chi connectivity index (χ0) is 16.8. The Labute approximate surface area is 137 Å². The number of nitrogens with zero attached hydrogens (tertiary/aromatic N) is 1.